The van der Waals surface area contributed by atoms with Crippen molar-refractivity contribution < 1.29 is 18.0 Å². The van der Waals surface area contributed by atoms with Crippen LogP contribution in [0.1, 0.15) is 46.9 Å². The van der Waals surface area contributed by atoms with Crippen LogP contribution in [0, 0.1) is 0 Å². The SMILES string of the molecule is CCCNC(=O)c1cccc(CN=C(NCC)NCCc2nc(C(F)(F)F)cs2)c1.I. The van der Waals surface area contributed by atoms with Crippen molar-refractivity contribution in [3.05, 3.63) is 51.5 Å². The van der Waals surface area contributed by atoms with Crippen LogP contribution in [0.2, 0.25) is 0 Å². The second-order valence-electron chi connectivity index (χ2n) is 6.45. The van der Waals surface area contributed by atoms with Gasteiger partial charge in [-0.1, -0.05) is 19.1 Å². The lowest BCUT2D eigenvalue weighted by molar-refractivity contribution is -0.140. The minimum absolute atomic E-state index is 0. The Labute approximate surface area is 201 Å². The number of guanidine groups is 1. The van der Waals surface area contributed by atoms with Gasteiger partial charge in [0, 0.05) is 37.0 Å². The summed E-state index contributed by atoms with van der Waals surface area (Å²) >= 11 is 0.992. The van der Waals surface area contributed by atoms with Crippen LogP contribution >= 0.6 is 35.3 Å². The number of nitrogens with zero attached hydrogens (tertiary/aromatic N) is 2. The maximum atomic E-state index is 12.6. The topological polar surface area (TPSA) is 78.4 Å². The van der Waals surface area contributed by atoms with Gasteiger partial charge in [-0.05, 0) is 31.0 Å². The zero-order valence-electron chi connectivity index (χ0n) is 17.4. The van der Waals surface area contributed by atoms with Crippen molar-refractivity contribution in [2.45, 2.75) is 39.4 Å². The van der Waals surface area contributed by atoms with Crippen molar-refractivity contribution in [3.8, 4) is 0 Å². The summed E-state index contributed by atoms with van der Waals surface area (Å²) in [4.78, 5) is 20.2. The lowest BCUT2D eigenvalue weighted by Gasteiger charge is -2.11. The number of hydrogen-bond donors (Lipinski definition) is 3. The Hall–Kier alpha value is -1.89. The lowest BCUT2D eigenvalue weighted by atomic mass is 10.1. The predicted octanol–water partition coefficient (Wildman–Crippen LogP) is 4.22. The molecule has 0 saturated heterocycles. The number of alkyl halides is 3. The number of carbonyl (C=O) groups is 1. The molecule has 172 valence electrons. The zero-order chi connectivity index (χ0) is 22.0. The molecule has 0 saturated carbocycles. The molecule has 6 nitrogen and oxygen atoms in total. The van der Waals surface area contributed by atoms with Gasteiger partial charge in [0.2, 0.25) is 0 Å². The van der Waals surface area contributed by atoms with E-state index in [9.17, 15) is 18.0 Å². The van der Waals surface area contributed by atoms with Crippen LogP contribution in [-0.2, 0) is 19.1 Å². The number of nitrogens with one attached hydrogen (secondary N) is 3. The summed E-state index contributed by atoms with van der Waals surface area (Å²) in [5.74, 6) is 0.431. The van der Waals surface area contributed by atoms with Crippen LogP contribution in [0.25, 0.3) is 0 Å². The smallest absolute Gasteiger partial charge is 0.357 e. The fourth-order valence-corrected chi connectivity index (χ4v) is 3.31. The molecule has 0 fully saturated rings. The minimum atomic E-state index is -4.42. The molecule has 0 aliphatic heterocycles. The van der Waals surface area contributed by atoms with E-state index in [0.717, 1.165) is 28.7 Å². The number of aliphatic imine (C=N–C) groups is 1. The monoisotopic (exact) mass is 569 g/mol. The van der Waals surface area contributed by atoms with Crippen LogP contribution in [0.15, 0.2) is 34.6 Å². The molecule has 1 aromatic carbocycles. The van der Waals surface area contributed by atoms with Gasteiger partial charge in [0.15, 0.2) is 11.7 Å². The lowest BCUT2D eigenvalue weighted by Crippen LogP contribution is -2.38. The number of halogens is 4. The number of amides is 1. The van der Waals surface area contributed by atoms with E-state index >= 15 is 0 Å². The quantitative estimate of drug-likeness (QED) is 0.240. The van der Waals surface area contributed by atoms with E-state index in [-0.39, 0.29) is 29.9 Å². The van der Waals surface area contributed by atoms with Crippen molar-refractivity contribution in [2.75, 3.05) is 19.6 Å². The first-order valence-corrected chi connectivity index (χ1v) is 10.6. The van der Waals surface area contributed by atoms with Crippen LogP contribution in [0.4, 0.5) is 13.2 Å². The molecule has 11 heteroatoms. The molecule has 3 N–H and O–H groups in total. The summed E-state index contributed by atoms with van der Waals surface area (Å²) in [6.07, 6.45) is -3.19. The van der Waals surface area contributed by atoms with E-state index in [1.807, 2.05) is 26.0 Å². The molecule has 1 aromatic heterocycles. The van der Waals surface area contributed by atoms with Gasteiger partial charge in [-0.15, -0.1) is 35.3 Å². The van der Waals surface area contributed by atoms with Gasteiger partial charge < -0.3 is 16.0 Å². The van der Waals surface area contributed by atoms with Gasteiger partial charge in [-0.25, -0.2) is 9.98 Å². The Kier molecular flexibility index (Phi) is 11.8. The summed E-state index contributed by atoms with van der Waals surface area (Å²) in [6.45, 7) is 5.94. The standard InChI is InChI=1S/C20H26F3N5OS.HI/c1-3-9-25-18(29)15-7-5-6-14(11-15)12-27-19(24-4-2)26-10-8-17-28-16(13-30-17)20(21,22)23;/h5-7,11,13H,3-4,8-10,12H2,1-2H3,(H,25,29)(H2,24,26,27);1H. The van der Waals surface area contributed by atoms with E-state index in [4.69, 9.17) is 0 Å². The first-order chi connectivity index (χ1) is 14.3. The van der Waals surface area contributed by atoms with Gasteiger partial charge in [-0.3, -0.25) is 4.79 Å². The van der Waals surface area contributed by atoms with Crippen LogP contribution < -0.4 is 16.0 Å². The Balaban J connectivity index is 0.00000480. The Morgan fingerprint density at radius 2 is 1.94 bits per heavy atom. The van der Waals surface area contributed by atoms with E-state index < -0.39 is 11.9 Å². The molecule has 0 aliphatic rings. The molecular weight excluding hydrogens is 542 g/mol. The van der Waals surface area contributed by atoms with Gasteiger partial charge in [0.25, 0.3) is 5.91 Å². The van der Waals surface area contributed by atoms with Crippen molar-refractivity contribution in [3.63, 3.8) is 0 Å². The summed E-state index contributed by atoms with van der Waals surface area (Å²) in [6, 6.07) is 7.25. The fourth-order valence-electron chi connectivity index (χ4n) is 2.51. The van der Waals surface area contributed by atoms with Crippen molar-refractivity contribution in [2.24, 2.45) is 4.99 Å². The van der Waals surface area contributed by atoms with E-state index in [1.165, 1.54) is 0 Å². The average molecular weight is 569 g/mol. The second kappa shape index (κ2) is 13.5. The molecule has 0 aliphatic carbocycles. The molecule has 0 radical (unpaired) electrons. The van der Waals surface area contributed by atoms with Crippen molar-refractivity contribution in [1.29, 1.82) is 0 Å². The van der Waals surface area contributed by atoms with Gasteiger partial charge in [0.1, 0.15) is 0 Å². The highest BCUT2D eigenvalue weighted by Gasteiger charge is 2.33. The number of aromatic nitrogens is 1. The van der Waals surface area contributed by atoms with E-state index in [2.05, 4.69) is 25.9 Å². The molecule has 0 spiro atoms. The highest BCUT2D eigenvalue weighted by Crippen LogP contribution is 2.29. The average Bonchev–Trinajstić information content (AvgIpc) is 3.20. The number of rotatable bonds is 9. The van der Waals surface area contributed by atoms with Gasteiger partial charge in [0.05, 0.1) is 11.6 Å². The highest BCUT2D eigenvalue weighted by molar-refractivity contribution is 14.0. The summed E-state index contributed by atoms with van der Waals surface area (Å²) in [7, 11) is 0. The Bertz CT molecular complexity index is 857. The molecular formula is C20H27F3IN5OS. The van der Waals surface area contributed by atoms with Gasteiger partial charge in [-0.2, -0.15) is 13.2 Å². The van der Waals surface area contributed by atoms with Crippen molar-refractivity contribution in [1.82, 2.24) is 20.9 Å². The third-order valence-corrected chi connectivity index (χ3v) is 4.87. The fraction of sp³-hybridized carbons (Fsp3) is 0.450. The zero-order valence-corrected chi connectivity index (χ0v) is 20.5. The van der Waals surface area contributed by atoms with Gasteiger partial charge >= 0.3 is 6.18 Å². The maximum absolute atomic E-state index is 12.6. The summed E-state index contributed by atoms with van der Waals surface area (Å²) in [5, 5.41) is 10.5. The maximum Gasteiger partial charge on any atom is 0.434 e. The molecule has 0 unspecified atom stereocenters. The molecule has 31 heavy (non-hydrogen) atoms. The van der Waals surface area contributed by atoms with E-state index in [0.29, 0.717) is 49.1 Å². The number of benzene rings is 1. The molecule has 1 amide bonds. The molecule has 2 aromatic rings. The first kappa shape index (κ1) is 27.1. The number of hydrogen-bond acceptors (Lipinski definition) is 4. The normalized spacial score (nSPS) is 11.6. The Morgan fingerprint density at radius 1 is 1.16 bits per heavy atom. The Morgan fingerprint density at radius 3 is 2.58 bits per heavy atom. The van der Waals surface area contributed by atoms with Crippen LogP contribution in [0.5, 0.6) is 0 Å². The molecule has 1 heterocycles. The third kappa shape index (κ3) is 9.42. The summed E-state index contributed by atoms with van der Waals surface area (Å²) in [5.41, 5.74) is 0.607. The first-order valence-electron chi connectivity index (χ1n) is 9.74. The number of carbonyl (C=O) groups excluding carboxylic acids is 1. The summed E-state index contributed by atoms with van der Waals surface area (Å²) < 4.78 is 37.9. The number of thiazole rings is 1. The highest BCUT2D eigenvalue weighted by atomic mass is 127. The van der Waals surface area contributed by atoms with E-state index in [1.54, 1.807) is 12.1 Å². The van der Waals surface area contributed by atoms with Crippen LogP contribution in [-0.4, -0.2) is 36.5 Å². The second-order valence-corrected chi connectivity index (χ2v) is 7.40. The molecule has 2 rings (SSSR count). The molecule has 0 atom stereocenters. The minimum Gasteiger partial charge on any atom is -0.357 e. The third-order valence-electron chi connectivity index (χ3n) is 3.96. The molecule has 0 bridgehead atoms. The largest absolute Gasteiger partial charge is 0.434 e. The predicted molar refractivity (Wildman–Crippen MR) is 128 cm³/mol. The van der Waals surface area contributed by atoms with Crippen molar-refractivity contribution >= 4 is 47.2 Å². The van der Waals surface area contributed by atoms with Crippen LogP contribution in [0.3, 0.4) is 0 Å².